The maximum absolute atomic E-state index is 10.5. The first-order valence-corrected chi connectivity index (χ1v) is 4.85. The number of rotatable bonds is 6. The summed E-state index contributed by atoms with van der Waals surface area (Å²) in [5.41, 5.74) is 0. The van der Waals surface area contributed by atoms with E-state index in [0.717, 1.165) is 0 Å². The van der Waals surface area contributed by atoms with Crippen molar-refractivity contribution in [3.63, 3.8) is 0 Å². The number of hydrogen-bond acceptors (Lipinski definition) is 4. The van der Waals surface area contributed by atoms with Crippen molar-refractivity contribution in [2.45, 2.75) is 0 Å². The SMILES string of the molecule is O=C(CCl)OC/C=C/COC(=O)CCl. The summed E-state index contributed by atoms with van der Waals surface area (Å²) in [5.74, 6) is -1.33. The lowest BCUT2D eigenvalue weighted by molar-refractivity contribution is -0.140. The quantitative estimate of drug-likeness (QED) is 0.397. The molecule has 14 heavy (non-hydrogen) atoms. The topological polar surface area (TPSA) is 52.6 Å². The van der Waals surface area contributed by atoms with Crippen molar-refractivity contribution >= 4 is 35.1 Å². The van der Waals surface area contributed by atoms with E-state index in [1.807, 2.05) is 0 Å². The Morgan fingerprint density at radius 3 is 1.57 bits per heavy atom. The van der Waals surface area contributed by atoms with E-state index in [2.05, 4.69) is 9.47 Å². The molecule has 0 fully saturated rings. The molecule has 0 atom stereocenters. The summed E-state index contributed by atoms with van der Waals surface area (Å²) >= 11 is 10.3. The Kier molecular flexibility index (Phi) is 8.37. The highest BCUT2D eigenvalue weighted by Gasteiger charge is 1.97. The predicted octanol–water partition coefficient (Wildman–Crippen LogP) is 1.11. The summed E-state index contributed by atoms with van der Waals surface area (Å²) in [6.45, 7) is 0.230. The highest BCUT2D eigenvalue weighted by Crippen LogP contribution is 1.86. The van der Waals surface area contributed by atoms with Gasteiger partial charge in [0.25, 0.3) is 0 Å². The van der Waals surface area contributed by atoms with Gasteiger partial charge in [-0.25, -0.2) is 0 Å². The molecular formula is C8H10Cl2O4. The van der Waals surface area contributed by atoms with Crippen LogP contribution in [0.3, 0.4) is 0 Å². The molecule has 0 rings (SSSR count). The van der Waals surface area contributed by atoms with E-state index in [9.17, 15) is 9.59 Å². The summed E-state index contributed by atoms with van der Waals surface area (Å²) < 4.78 is 9.20. The normalized spacial score (nSPS) is 10.1. The molecule has 0 bridgehead atoms. The van der Waals surface area contributed by atoms with Crippen LogP contribution in [0.1, 0.15) is 0 Å². The van der Waals surface area contributed by atoms with E-state index < -0.39 is 11.9 Å². The van der Waals surface area contributed by atoms with Gasteiger partial charge in [0, 0.05) is 0 Å². The Hall–Kier alpha value is -0.740. The van der Waals surface area contributed by atoms with Gasteiger partial charge >= 0.3 is 11.9 Å². The minimum absolute atomic E-state index is 0.115. The zero-order chi connectivity index (χ0) is 10.8. The maximum Gasteiger partial charge on any atom is 0.321 e. The molecule has 0 saturated heterocycles. The van der Waals surface area contributed by atoms with Crippen molar-refractivity contribution in [3.8, 4) is 0 Å². The summed E-state index contributed by atoms with van der Waals surface area (Å²) in [5, 5.41) is 0. The third kappa shape index (κ3) is 7.89. The molecule has 80 valence electrons. The van der Waals surface area contributed by atoms with Crippen LogP contribution in [-0.2, 0) is 19.1 Å². The van der Waals surface area contributed by atoms with E-state index in [4.69, 9.17) is 23.2 Å². The molecule has 0 aromatic carbocycles. The molecule has 0 spiro atoms. The van der Waals surface area contributed by atoms with Gasteiger partial charge in [-0.15, -0.1) is 23.2 Å². The first kappa shape index (κ1) is 13.3. The van der Waals surface area contributed by atoms with Crippen LogP contribution in [0.5, 0.6) is 0 Å². The highest BCUT2D eigenvalue weighted by molar-refractivity contribution is 6.26. The van der Waals surface area contributed by atoms with Gasteiger partial charge in [0.2, 0.25) is 0 Å². The third-order valence-corrected chi connectivity index (χ3v) is 1.50. The summed E-state index contributed by atoms with van der Waals surface area (Å²) in [7, 11) is 0. The molecule has 0 aromatic heterocycles. The zero-order valence-corrected chi connectivity index (χ0v) is 8.88. The van der Waals surface area contributed by atoms with Gasteiger partial charge in [0.1, 0.15) is 25.0 Å². The second-order valence-corrected chi connectivity index (χ2v) is 2.64. The second kappa shape index (κ2) is 8.84. The molecule has 0 aliphatic carbocycles. The Bertz CT molecular complexity index is 193. The average Bonchev–Trinajstić information content (AvgIpc) is 2.22. The van der Waals surface area contributed by atoms with Gasteiger partial charge in [-0.05, 0) is 12.2 Å². The van der Waals surface area contributed by atoms with Gasteiger partial charge in [-0.3, -0.25) is 9.59 Å². The number of ether oxygens (including phenoxy) is 2. The fraction of sp³-hybridized carbons (Fsp3) is 0.500. The minimum Gasteiger partial charge on any atom is -0.461 e. The Morgan fingerprint density at radius 1 is 0.929 bits per heavy atom. The van der Waals surface area contributed by atoms with Gasteiger partial charge < -0.3 is 9.47 Å². The highest BCUT2D eigenvalue weighted by atomic mass is 35.5. The van der Waals surface area contributed by atoms with Crippen LogP contribution in [0, 0.1) is 0 Å². The molecule has 0 unspecified atom stereocenters. The van der Waals surface area contributed by atoms with E-state index in [1.54, 1.807) is 12.2 Å². The lowest BCUT2D eigenvalue weighted by Crippen LogP contribution is -2.06. The van der Waals surface area contributed by atoms with Crippen LogP contribution in [0.2, 0.25) is 0 Å². The van der Waals surface area contributed by atoms with Crippen LogP contribution in [0.4, 0.5) is 0 Å². The lowest BCUT2D eigenvalue weighted by atomic mass is 10.5. The number of carbonyl (C=O) groups excluding carboxylic acids is 2. The monoisotopic (exact) mass is 240 g/mol. The van der Waals surface area contributed by atoms with Crippen molar-refractivity contribution in [1.29, 1.82) is 0 Å². The molecule has 0 N–H and O–H groups in total. The first-order valence-electron chi connectivity index (χ1n) is 3.79. The molecule has 0 saturated carbocycles. The van der Waals surface area contributed by atoms with Crippen molar-refractivity contribution < 1.29 is 19.1 Å². The lowest BCUT2D eigenvalue weighted by Gasteiger charge is -1.98. The van der Waals surface area contributed by atoms with Gasteiger partial charge in [-0.2, -0.15) is 0 Å². The zero-order valence-electron chi connectivity index (χ0n) is 7.37. The molecular weight excluding hydrogens is 231 g/mol. The third-order valence-electron chi connectivity index (χ3n) is 1.07. The molecule has 0 aromatic rings. The van der Waals surface area contributed by atoms with E-state index in [-0.39, 0.29) is 25.0 Å². The number of carbonyl (C=O) groups is 2. The fourth-order valence-electron chi connectivity index (χ4n) is 0.495. The summed E-state index contributed by atoms with van der Waals surface area (Å²) in [4.78, 5) is 21.0. The molecule has 0 radical (unpaired) electrons. The van der Waals surface area contributed by atoms with Gasteiger partial charge in [0.15, 0.2) is 0 Å². The van der Waals surface area contributed by atoms with Gasteiger partial charge in [-0.1, -0.05) is 0 Å². The molecule has 0 amide bonds. The van der Waals surface area contributed by atoms with E-state index in [0.29, 0.717) is 0 Å². The van der Waals surface area contributed by atoms with Crippen molar-refractivity contribution in [2.24, 2.45) is 0 Å². The van der Waals surface area contributed by atoms with Crippen LogP contribution in [0.25, 0.3) is 0 Å². The van der Waals surface area contributed by atoms with Crippen LogP contribution >= 0.6 is 23.2 Å². The first-order chi connectivity index (χ1) is 6.70. The molecule has 4 nitrogen and oxygen atoms in total. The van der Waals surface area contributed by atoms with E-state index >= 15 is 0 Å². The number of esters is 2. The standard InChI is InChI=1S/C8H10Cl2O4/c9-5-7(11)13-3-1-2-4-14-8(12)6-10/h1-2H,3-6H2/b2-1+. The van der Waals surface area contributed by atoms with Crippen molar-refractivity contribution in [1.82, 2.24) is 0 Å². The van der Waals surface area contributed by atoms with Crippen molar-refractivity contribution in [3.05, 3.63) is 12.2 Å². The van der Waals surface area contributed by atoms with Crippen LogP contribution in [0.15, 0.2) is 12.2 Å². The minimum atomic E-state index is -0.492. The number of halogens is 2. The Morgan fingerprint density at radius 2 is 1.29 bits per heavy atom. The fourth-order valence-corrected chi connectivity index (χ4v) is 0.650. The van der Waals surface area contributed by atoms with E-state index in [1.165, 1.54) is 0 Å². The van der Waals surface area contributed by atoms with Gasteiger partial charge in [0.05, 0.1) is 0 Å². The Balaban J connectivity index is 3.36. The second-order valence-electron chi connectivity index (χ2n) is 2.10. The molecule has 0 heterocycles. The Labute approximate surface area is 91.8 Å². The van der Waals surface area contributed by atoms with Crippen molar-refractivity contribution in [2.75, 3.05) is 25.0 Å². The largest absolute Gasteiger partial charge is 0.461 e. The predicted molar refractivity (Wildman–Crippen MR) is 52.5 cm³/mol. The molecule has 0 aliphatic rings. The van der Waals surface area contributed by atoms with Crippen LogP contribution in [-0.4, -0.2) is 36.9 Å². The molecule has 0 aliphatic heterocycles. The number of hydrogen-bond donors (Lipinski definition) is 0. The smallest absolute Gasteiger partial charge is 0.321 e. The average molecular weight is 241 g/mol. The number of alkyl halides is 2. The molecule has 6 heteroatoms. The summed E-state index contributed by atoms with van der Waals surface area (Å²) in [6.07, 6.45) is 3.10. The van der Waals surface area contributed by atoms with Crippen LogP contribution < -0.4 is 0 Å². The maximum atomic E-state index is 10.5. The summed E-state index contributed by atoms with van der Waals surface area (Å²) in [6, 6.07) is 0.